The van der Waals surface area contributed by atoms with Gasteiger partial charge in [0.2, 0.25) is 0 Å². The molecule has 0 fully saturated rings. The summed E-state index contributed by atoms with van der Waals surface area (Å²) in [5.74, 6) is 0.277. The number of benzene rings is 1. The molecule has 15 heavy (non-hydrogen) atoms. The second kappa shape index (κ2) is 6.73. The Morgan fingerprint density at radius 3 is 2.27 bits per heavy atom. The lowest BCUT2D eigenvalue weighted by molar-refractivity contribution is 0.467. The summed E-state index contributed by atoms with van der Waals surface area (Å²) in [7, 11) is 0. The number of phenols is 1. The average Bonchev–Trinajstić information content (AvgIpc) is 2.13. The zero-order chi connectivity index (χ0) is 10.7. The highest BCUT2D eigenvalue weighted by molar-refractivity contribution is 14.1. The van der Waals surface area contributed by atoms with Crippen molar-refractivity contribution < 1.29 is 5.11 Å². The first kappa shape index (κ1) is 15.2. The quantitative estimate of drug-likeness (QED) is 0.681. The normalized spacial score (nSPS) is 11.3. The van der Waals surface area contributed by atoms with Crippen LogP contribution < -0.4 is 5.73 Å². The Balaban J connectivity index is 0.00000196. The van der Waals surface area contributed by atoms with Crippen molar-refractivity contribution in [3.8, 4) is 11.8 Å². The topological polar surface area (TPSA) is 70.0 Å². The number of aromatic hydroxyl groups is 1. The van der Waals surface area contributed by atoms with Crippen LogP contribution in [0.4, 0.5) is 0 Å². The molecule has 82 valence electrons. The predicted molar refractivity (Wildman–Crippen MR) is 77.9 cm³/mol. The van der Waals surface area contributed by atoms with Gasteiger partial charge in [-0.3, -0.25) is 0 Å². The van der Waals surface area contributed by atoms with Gasteiger partial charge in [0.1, 0.15) is 5.75 Å². The number of halogens is 3. The summed E-state index contributed by atoms with van der Waals surface area (Å²) in [6.07, 6.45) is 0.289. The van der Waals surface area contributed by atoms with Gasteiger partial charge >= 0.3 is 0 Å². The fraction of sp³-hybridized carbons (Fsp3) is 0.222. The maximum absolute atomic E-state index is 9.52. The number of nitrogens with two attached hydrogens (primary N) is 1. The highest BCUT2D eigenvalue weighted by atomic mass is 127. The highest BCUT2D eigenvalue weighted by Gasteiger charge is 2.10. The van der Waals surface area contributed by atoms with E-state index < -0.39 is 0 Å². The van der Waals surface area contributed by atoms with Crippen LogP contribution in [0.5, 0.6) is 5.75 Å². The molecule has 3 N–H and O–H groups in total. The van der Waals surface area contributed by atoms with Gasteiger partial charge in [0, 0.05) is 6.04 Å². The standard InChI is InChI=1S/C9H8I2N2O.ClH/c10-6-3-5(8(13)1-2-12)4-7(11)9(6)14;/h3-4,8,14H,1,13H2;1H/t8-;/m1./s1. The molecule has 0 heterocycles. The second-order valence-corrected chi connectivity index (χ2v) is 5.13. The van der Waals surface area contributed by atoms with Crippen molar-refractivity contribution in [1.29, 1.82) is 5.26 Å². The summed E-state index contributed by atoms with van der Waals surface area (Å²) < 4.78 is 1.52. The van der Waals surface area contributed by atoms with E-state index in [1.165, 1.54) is 0 Å². The van der Waals surface area contributed by atoms with Crippen molar-refractivity contribution in [3.63, 3.8) is 0 Å². The molecule has 0 aliphatic carbocycles. The third-order valence-electron chi connectivity index (χ3n) is 1.78. The summed E-state index contributed by atoms with van der Waals surface area (Å²) in [6, 6.07) is 5.36. The number of nitrogens with zero attached hydrogens (tertiary/aromatic N) is 1. The molecule has 0 aliphatic heterocycles. The molecule has 0 aromatic heterocycles. The van der Waals surface area contributed by atoms with Crippen LogP contribution in [0.15, 0.2) is 12.1 Å². The molecule has 0 amide bonds. The van der Waals surface area contributed by atoms with E-state index in [4.69, 9.17) is 11.0 Å². The molecule has 0 saturated heterocycles. The minimum Gasteiger partial charge on any atom is -0.506 e. The van der Waals surface area contributed by atoms with Gasteiger partial charge in [-0.2, -0.15) is 5.26 Å². The largest absolute Gasteiger partial charge is 0.506 e. The van der Waals surface area contributed by atoms with Crippen LogP contribution in [-0.4, -0.2) is 5.11 Å². The molecule has 6 heteroatoms. The Morgan fingerprint density at radius 1 is 1.40 bits per heavy atom. The lowest BCUT2D eigenvalue weighted by Crippen LogP contribution is -2.09. The molecule has 0 spiro atoms. The van der Waals surface area contributed by atoms with Gasteiger partial charge in [-0.1, -0.05) is 0 Å². The van der Waals surface area contributed by atoms with E-state index in [-0.39, 0.29) is 30.6 Å². The van der Waals surface area contributed by atoms with Crippen LogP contribution in [0, 0.1) is 18.5 Å². The van der Waals surface area contributed by atoms with Crippen molar-refractivity contribution in [2.75, 3.05) is 0 Å². The maximum atomic E-state index is 9.52. The van der Waals surface area contributed by atoms with Crippen molar-refractivity contribution in [1.82, 2.24) is 0 Å². The van der Waals surface area contributed by atoms with E-state index in [0.717, 1.165) is 12.7 Å². The molecule has 1 aromatic carbocycles. The molecular weight excluding hydrogens is 441 g/mol. The molecule has 0 bridgehead atoms. The number of phenolic OH excluding ortho intramolecular Hbond substituents is 1. The lowest BCUT2D eigenvalue weighted by Gasteiger charge is -2.10. The Hall–Kier alpha value is 0.220. The second-order valence-electron chi connectivity index (χ2n) is 2.80. The first-order valence-corrected chi connectivity index (χ1v) is 6.02. The Kier molecular flexibility index (Phi) is 6.83. The predicted octanol–water partition coefficient (Wildman–Crippen LogP) is 2.94. The fourth-order valence-corrected chi connectivity index (χ4v) is 2.83. The minimum absolute atomic E-state index is 0. The van der Waals surface area contributed by atoms with E-state index in [1.807, 2.05) is 51.3 Å². The summed E-state index contributed by atoms with van der Waals surface area (Å²) in [6.45, 7) is 0. The minimum atomic E-state index is -0.275. The Bertz CT molecular complexity index is 369. The molecule has 1 rings (SSSR count). The maximum Gasteiger partial charge on any atom is 0.142 e. The summed E-state index contributed by atoms with van der Waals surface area (Å²) in [5.41, 5.74) is 6.67. The van der Waals surface area contributed by atoms with E-state index in [2.05, 4.69) is 0 Å². The Labute approximate surface area is 122 Å². The van der Waals surface area contributed by atoms with Crippen LogP contribution >= 0.6 is 57.6 Å². The molecule has 1 atom stereocenters. The molecule has 0 aliphatic rings. The van der Waals surface area contributed by atoms with Crippen molar-refractivity contribution in [2.24, 2.45) is 5.73 Å². The zero-order valence-corrected chi connectivity index (χ0v) is 12.7. The van der Waals surface area contributed by atoms with Crippen molar-refractivity contribution in [3.05, 3.63) is 24.8 Å². The third-order valence-corrected chi connectivity index (χ3v) is 3.42. The van der Waals surface area contributed by atoms with E-state index in [0.29, 0.717) is 0 Å². The van der Waals surface area contributed by atoms with Crippen LogP contribution in [-0.2, 0) is 0 Å². The van der Waals surface area contributed by atoms with Gasteiger partial charge in [0.15, 0.2) is 0 Å². The average molecular weight is 450 g/mol. The van der Waals surface area contributed by atoms with E-state index in [9.17, 15) is 5.11 Å². The molecular formula is C9H9ClI2N2O. The Morgan fingerprint density at radius 2 is 1.87 bits per heavy atom. The third kappa shape index (κ3) is 3.94. The van der Waals surface area contributed by atoms with Crippen molar-refractivity contribution >= 4 is 57.6 Å². The van der Waals surface area contributed by atoms with Crippen LogP contribution in [0.3, 0.4) is 0 Å². The number of hydrogen-bond donors (Lipinski definition) is 2. The van der Waals surface area contributed by atoms with E-state index >= 15 is 0 Å². The summed E-state index contributed by atoms with van der Waals surface area (Å²) in [5, 5.41) is 18.0. The number of rotatable bonds is 2. The molecule has 0 unspecified atom stereocenters. The van der Waals surface area contributed by atoms with E-state index in [1.54, 1.807) is 12.1 Å². The molecule has 0 saturated carbocycles. The van der Waals surface area contributed by atoms with Gasteiger partial charge < -0.3 is 10.8 Å². The van der Waals surface area contributed by atoms with Crippen LogP contribution in [0.25, 0.3) is 0 Å². The molecule has 1 aromatic rings. The first-order chi connectivity index (χ1) is 6.56. The smallest absolute Gasteiger partial charge is 0.142 e. The SMILES string of the molecule is Cl.N#CC[C@@H](N)c1cc(I)c(O)c(I)c1. The van der Waals surface area contributed by atoms with Crippen molar-refractivity contribution in [2.45, 2.75) is 12.5 Å². The van der Waals surface area contributed by atoms with Gasteiger partial charge in [-0.25, -0.2) is 0 Å². The summed E-state index contributed by atoms with van der Waals surface area (Å²) in [4.78, 5) is 0. The van der Waals surface area contributed by atoms with Crippen LogP contribution in [0.2, 0.25) is 0 Å². The van der Waals surface area contributed by atoms with Gasteiger partial charge in [-0.05, 0) is 62.9 Å². The van der Waals surface area contributed by atoms with Gasteiger partial charge in [0.05, 0.1) is 19.6 Å². The van der Waals surface area contributed by atoms with Gasteiger partial charge in [-0.15, -0.1) is 12.4 Å². The van der Waals surface area contributed by atoms with Crippen LogP contribution in [0.1, 0.15) is 18.0 Å². The summed E-state index contributed by atoms with van der Waals surface area (Å²) >= 11 is 4.09. The first-order valence-electron chi connectivity index (χ1n) is 3.86. The highest BCUT2D eigenvalue weighted by Crippen LogP contribution is 2.29. The number of hydrogen-bond acceptors (Lipinski definition) is 3. The number of nitriles is 1. The molecule has 0 radical (unpaired) electrons. The monoisotopic (exact) mass is 450 g/mol. The van der Waals surface area contributed by atoms with Gasteiger partial charge in [0.25, 0.3) is 0 Å². The lowest BCUT2D eigenvalue weighted by atomic mass is 10.1. The zero-order valence-electron chi connectivity index (χ0n) is 7.58. The fourth-order valence-electron chi connectivity index (χ4n) is 1.02. The molecule has 3 nitrogen and oxygen atoms in total.